The molecule has 2 aromatic rings. The lowest BCUT2D eigenvalue weighted by Gasteiger charge is -2.11. The smallest absolute Gasteiger partial charge is 0.286 e. The number of aromatic nitrogens is 1. The van der Waals surface area contributed by atoms with Crippen molar-refractivity contribution in [3.8, 4) is 0 Å². The molecule has 0 saturated heterocycles. The third-order valence-corrected chi connectivity index (χ3v) is 2.96. The van der Waals surface area contributed by atoms with Crippen molar-refractivity contribution in [1.29, 1.82) is 0 Å². The summed E-state index contributed by atoms with van der Waals surface area (Å²) in [6, 6.07) is 11.4. The van der Waals surface area contributed by atoms with Gasteiger partial charge < -0.3 is 10.3 Å². The molecule has 0 aliphatic carbocycles. The molecule has 1 aromatic carbocycles. The van der Waals surface area contributed by atoms with E-state index < -0.39 is 0 Å². The molecule has 0 unspecified atom stereocenters. The van der Waals surface area contributed by atoms with Crippen LogP contribution in [0.3, 0.4) is 0 Å². The molecule has 20 heavy (non-hydrogen) atoms. The molecule has 1 amide bonds. The minimum Gasteiger partial charge on any atom is -0.357 e. The SMILES string of the molecule is CCc1ccc(NC(=S)NNC(=O)c2ccc[nH]2)cc1. The second kappa shape index (κ2) is 6.72. The van der Waals surface area contributed by atoms with Crippen LogP contribution >= 0.6 is 12.2 Å². The molecule has 0 aliphatic heterocycles. The molecule has 0 radical (unpaired) electrons. The number of aromatic amines is 1. The Balaban J connectivity index is 1.81. The quantitative estimate of drug-likeness (QED) is 0.516. The number of hydrogen-bond donors (Lipinski definition) is 4. The third kappa shape index (κ3) is 3.83. The van der Waals surface area contributed by atoms with E-state index in [4.69, 9.17) is 12.2 Å². The molecule has 1 heterocycles. The zero-order valence-corrected chi connectivity index (χ0v) is 11.9. The number of anilines is 1. The molecule has 0 atom stereocenters. The highest BCUT2D eigenvalue weighted by atomic mass is 32.1. The van der Waals surface area contributed by atoms with E-state index in [2.05, 4.69) is 28.1 Å². The summed E-state index contributed by atoms with van der Waals surface area (Å²) in [5.41, 5.74) is 7.75. The van der Waals surface area contributed by atoms with Crippen molar-refractivity contribution < 1.29 is 4.79 Å². The minimum absolute atomic E-state index is 0.277. The first-order valence-corrected chi connectivity index (χ1v) is 6.69. The zero-order valence-electron chi connectivity index (χ0n) is 11.1. The van der Waals surface area contributed by atoms with E-state index in [-0.39, 0.29) is 5.91 Å². The van der Waals surface area contributed by atoms with Crippen LogP contribution in [0.2, 0.25) is 0 Å². The first kappa shape index (κ1) is 14.1. The average Bonchev–Trinajstić information content (AvgIpc) is 3.00. The fraction of sp³-hybridized carbons (Fsp3) is 0.143. The summed E-state index contributed by atoms with van der Waals surface area (Å²) in [4.78, 5) is 14.5. The van der Waals surface area contributed by atoms with Gasteiger partial charge in [0, 0.05) is 11.9 Å². The Hall–Kier alpha value is -2.34. The highest BCUT2D eigenvalue weighted by Gasteiger charge is 2.05. The molecule has 0 fully saturated rings. The number of carbonyl (C=O) groups is 1. The molecule has 0 bridgehead atoms. The molecule has 4 N–H and O–H groups in total. The van der Waals surface area contributed by atoms with E-state index in [1.54, 1.807) is 18.3 Å². The van der Waals surface area contributed by atoms with Gasteiger partial charge in [-0.05, 0) is 48.5 Å². The zero-order chi connectivity index (χ0) is 14.4. The summed E-state index contributed by atoms with van der Waals surface area (Å²) in [7, 11) is 0. The molecule has 0 aliphatic rings. The van der Waals surface area contributed by atoms with E-state index in [9.17, 15) is 4.79 Å². The van der Waals surface area contributed by atoms with Crippen LogP contribution in [0.25, 0.3) is 0 Å². The minimum atomic E-state index is -0.277. The number of rotatable bonds is 3. The topological polar surface area (TPSA) is 68.9 Å². The summed E-state index contributed by atoms with van der Waals surface area (Å²) in [6.45, 7) is 2.10. The lowest BCUT2D eigenvalue weighted by Crippen LogP contribution is -2.43. The fourth-order valence-corrected chi connectivity index (χ4v) is 1.81. The van der Waals surface area contributed by atoms with Crippen LogP contribution in [0, 0.1) is 0 Å². The molecule has 0 saturated carbocycles. The van der Waals surface area contributed by atoms with Crippen LogP contribution < -0.4 is 16.2 Å². The highest BCUT2D eigenvalue weighted by molar-refractivity contribution is 7.80. The van der Waals surface area contributed by atoms with E-state index in [0.29, 0.717) is 10.8 Å². The van der Waals surface area contributed by atoms with Gasteiger partial charge in [-0.15, -0.1) is 0 Å². The summed E-state index contributed by atoms with van der Waals surface area (Å²) in [6.07, 6.45) is 2.68. The van der Waals surface area contributed by atoms with E-state index >= 15 is 0 Å². The number of H-pyrrole nitrogens is 1. The lowest BCUT2D eigenvalue weighted by molar-refractivity contribution is 0.0940. The van der Waals surface area contributed by atoms with Crippen molar-refractivity contribution in [3.63, 3.8) is 0 Å². The van der Waals surface area contributed by atoms with E-state index in [1.807, 2.05) is 24.3 Å². The van der Waals surface area contributed by atoms with Crippen LogP contribution in [-0.4, -0.2) is 16.0 Å². The van der Waals surface area contributed by atoms with Crippen molar-refractivity contribution >= 4 is 28.9 Å². The van der Waals surface area contributed by atoms with Crippen molar-refractivity contribution in [3.05, 3.63) is 53.9 Å². The summed E-state index contributed by atoms with van der Waals surface area (Å²) in [5.74, 6) is -0.277. The molecule has 6 heteroatoms. The molecule has 2 rings (SSSR count). The van der Waals surface area contributed by atoms with Crippen molar-refractivity contribution in [2.45, 2.75) is 13.3 Å². The number of hydrazine groups is 1. The number of aryl methyl sites for hydroxylation is 1. The largest absolute Gasteiger partial charge is 0.357 e. The van der Waals surface area contributed by atoms with Crippen molar-refractivity contribution in [2.24, 2.45) is 0 Å². The van der Waals surface area contributed by atoms with Crippen LogP contribution in [0.1, 0.15) is 23.0 Å². The number of benzene rings is 1. The highest BCUT2D eigenvalue weighted by Crippen LogP contribution is 2.09. The second-order valence-corrected chi connectivity index (χ2v) is 4.58. The predicted octanol–water partition coefficient (Wildman–Crippen LogP) is 2.21. The maximum absolute atomic E-state index is 11.7. The van der Waals surface area contributed by atoms with Crippen LogP contribution in [0.5, 0.6) is 0 Å². The normalized spacial score (nSPS) is 9.85. The maximum Gasteiger partial charge on any atom is 0.286 e. The summed E-state index contributed by atoms with van der Waals surface area (Å²) < 4.78 is 0. The fourth-order valence-electron chi connectivity index (χ4n) is 1.64. The van der Waals surface area contributed by atoms with Gasteiger partial charge in [0.05, 0.1) is 0 Å². The molecular weight excluding hydrogens is 272 g/mol. The molecule has 104 valence electrons. The van der Waals surface area contributed by atoms with E-state index in [1.165, 1.54) is 5.56 Å². The monoisotopic (exact) mass is 288 g/mol. The van der Waals surface area contributed by atoms with Gasteiger partial charge in [0.25, 0.3) is 5.91 Å². The standard InChI is InChI=1S/C14H16N4OS/c1-2-10-5-7-11(8-6-10)16-14(20)18-17-13(19)12-4-3-9-15-12/h3-9,15H,2H2,1H3,(H,17,19)(H2,16,18,20). The summed E-state index contributed by atoms with van der Waals surface area (Å²) >= 11 is 5.10. The first-order valence-electron chi connectivity index (χ1n) is 6.28. The third-order valence-electron chi connectivity index (χ3n) is 2.75. The Morgan fingerprint density at radius 3 is 2.55 bits per heavy atom. The second-order valence-electron chi connectivity index (χ2n) is 4.17. The van der Waals surface area contributed by atoms with Gasteiger partial charge in [0.15, 0.2) is 5.11 Å². The van der Waals surface area contributed by atoms with Gasteiger partial charge in [-0.25, -0.2) is 0 Å². The van der Waals surface area contributed by atoms with Crippen LogP contribution in [0.15, 0.2) is 42.6 Å². The van der Waals surface area contributed by atoms with Crippen LogP contribution in [-0.2, 0) is 6.42 Å². The Morgan fingerprint density at radius 2 is 1.95 bits per heavy atom. The first-order chi connectivity index (χ1) is 9.69. The molecule has 1 aromatic heterocycles. The number of thiocarbonyl (C=S) groups is 1. The Bertz CT molecular complexity index is 578. The van der Waals surface area contributed by atoms with Crippen LogP contribution in [0.4, 0.5) is 5.69 Å². The van der Waals surface area contributed by atoms with Gasteiger partial charge in [0.2, 0.25) is 0 Å². The number of amides is 1. The summed E-state index contributed by atoms with van der Waals surface area (Å²) in [5, 5.41) is 3.32. The van der Waals surface area contributed by atoms with Gasteiger partial charge >= 0.3 is 0 Å². The number of hydrogen-bond acceptors (Lipinski definition) is 2. The number of nitrogens with one attached hydrogen (secondary N) is 4. The lowest BCUT2D eigenvalue weighted by atomic mass is 10.1. The van der Waals surface area contributed by atoms with Gasteiger partial charge in [0.1, 0.15) is 5.69 Å². The maximum atomic E-state index is 11.7. The van der Waals surface area contributed by atoms with E-state index in [0.717, 1.165) is 12.1 Å². The average molecular weight is 288 g/mol. The Kier molecular flexibility index (Phi) is 4.73. The molecule has 0 spiro atoms. The Labute approximate surface area is 122 Å². The predicted molar refractivity (Wildman–Crippen MR) is 83.4 cm³/mol. The Morgan fingerprint density at radius 1 is 1.20 bits per heavy atom. The molecular formula is C14H16N4OS. The van der Waals surface area contributed by atoms with Crippen molar-refractivity contribution in [2.75, 3.05) is 5.32 Å². The van der Waals surface area contributed by atoms with Gasteiger partial charge in [-0.3, -0.25) is 15.6 Å². The van der Waals surface area contributed by atoms with Crippen molar-refractivity contribution in [1.82, 2.24) is 15.8 Å². The molecule has 5 nitrogen and oxygen atoms in total. The number of carbonyl (C=O) groups excluding carboxylic acids is 1. The van der Waals surface area contributed by atoms with Gasteiger partial charge in [-0.2, -0.15) is 0 Å². The van der Waals surface area contributed by atoms with Gasteiger partial charge in [-0.1, -0.05) is 19.1 Å².